The monoisotopic (exact) mass is 369 g/mol. The first-order chi connectivity index (χ1) is 12.4. The zero-order valence-corrected chi connectivity index (χ0v) is 15.7. The molecule has 1 amide bonds. The third-order valence-electron chi connectivity index (χ3n) is 4.09. The topological polar surface area (TPSA) is 93.1 Å². The number of pyridine rings is 1. The molecule has 0 fully saturated rings. The molecule has 2 aromatic heterocycles. The van der Waals surface area contributed by atoms with Crippen LogP contribution in [0.4, 0.5) is 5.13 Å². The number of nitriles is 1. The maximum Gasteiger partial charge on any atom is 0.266 e. The number of amides is 1. The molecule has 0 aliphatic heterocycles. The predicted octanol–water partition coefficient (Wildman–Crippen LogP) is 2.31. The van der Waals surface area contributed by atoms with Crippen molar-refractivity contribution in [1.29, 1.82) is 5.26 Å². The van der Waals surface area contributed by atoms with Crippen LogP contribution in [0.3, 0.4) is 0 Å². The molecular formula is C18H19N5O2S. The minimum Gasteiger partial charge on any atom is -0.321 e. The Kier molecular flexibility index (Phi) is 5.02. The van der Waals surface area contributed by atoms with Gasteiger partial charge in [0.25, 0.3) is 5.56 Å². The molecule has 0 aliphatic rings. The van der Waals surface area contributed by atoms with E-state index in [2.05, 4.69) is 14.9 Å². The molecule has 134 valence electrons. The fraction of sp³-hybridized carbons (Fsp3) is 0.333. The summed E-state index contributed by atoms with van der Waals surface area (Å²) in [6.07, 6.45) is 0.842. The summed E-state index contributed by atoms with van der Waals surface area (Å²) in [7, 11) is 3.99. The number of H-pyrrole nitrogens is 1. The predicted molar refractivity (Wildman–Crippen MR) is 104 cm³/mol. The van der Waals surface area contributed by atoms with Crippen LogP contribution in [0.2, 0.25) is 0 Å². The number of nitrogens with one attached hydrogen (secondary N) is 1. The van der Waals surface area contributed by atoms with Gasteiger partial charge in [0.1, 0.15) is 11.6 Å². The fourth-order valence-corrected chi connectivity index (χ4v) is 3.84. The summed E-state index contributed by atoms with van der Waals surface area (Å²) in [6, 6.07) is 7.13. The lowest BCUT2D eigenvalue weighted by Gasteiger charge is -2.19. The van der Waals surface area contributed by atoms with Crippen LogP contribution < -0.4 is 10.5 Å². The van der Waals surface area contributed by atoms with Gasteiger partial charge in [-0.25, -0.2) is 4.98 Å². The number of anilines is 1. The van der Waals surface area contributed by atoms with Gasteiger partial charge in [-0.3, -0.25) is 14.5 Å². The van der Waals surface area contributed by atoms with Crippen molar-refractivity contribution < 1.29 is 4.79 Å². The van der Waals surface area contributed by atoms with E-state index in [1.54, 1.807) is 17.0 Å². The number of hydrogen-bond acceptors (Lipinski definition) is 6. The Bertz CT molecular complexity index is 1080. The second-order valence-electron chi connectivity index (χ2n) is 6.32. The van der Waals surface area contributed by atoms with E-state index in [4.69, 9.17) is 5.26 Å². The Morgan fingerprint density at radius 1 is 1.35 bits per heavy atom. The Balaban J connectivity index is 2.07. The lowest BCUT2D eigenvalue weighted by atomic mass is 10.1. The highest BCUT2D eigenvalue weighted by atomic mass is 32.1. The first kappa shape index (κ1) is 18.0. The smallest absolute Gasteiger partial charge is 0.266 e. The van der Waals surface area contributed by atoms with Gasteiger partial charge in [-0.05, 0) is 45.3 Å². The van der Waals surface area contributed by atoms with Gasteiger partial charge in [0.15, 0.2) is 5.13 Å². The van der Waals surface area contributed by atoms with E-state index in [1.165, 1.54) is 18.3 Å². The van der Waals surface area contributed by atoms with Gasteiger partial charge in [0.05, 0.1) is 15.7 Å². The number of nitrogens with zero attached hydrogens (tertiary/aromatic N) is 4. The molecule has 3 rings (SSSR count). The number of rotatable bonds is 5. The van der Waals surface area contributed by atoms with Gasteiger partial charge < -0.3 is 9.88 Å². The third-order valence-corrected chi connectivity index (χ3v) is 5.13. The lowest BCUT2D eigenvalue weighted by molar-refractivity contribution is -0.116. The molecule has 0 aliphatic carbocycles. The minimum atomic E-state index is -0.413. The zero-order chi connectivity index (χ0) is 18.8. The molecule has 0 bridgehead atoms. The summed E-state index contributed by atoms with van der Waals surface area (Å²) in [5.41, 5.74) is 0.951. The normalized spacial score (nSPS) is 11.2. The number of benzene rings is 1. The van der Waals surface area contributed by atoms with Gasteiger partial charge in [-0.15, -0.1) is 0 Å². The Morgan fingerprint density at radius 2 is 2.12 bits per heavy atom. The zero-order valence-electron chi connectivity index (χ0n) is 14.9. The summed E-state index contributed by atoms with van der Waals surface area (Å²) in [5, 5.41) is 10.4. The SMILES string of the molecule is CC(=O)N(CCCN(C)C)c1nc2c(ccc3[nH]c(=O)c(C#N)cc32)s1. The number of aromatic amines is 1. The first-order valence-electron chi connectivity index (χ1n) is 8.20. The summed E-state index contributed by atoms with van der Waals surface area (Å²) >= 11 is 1.43. The van der Waals surface area contributed by atoms with Crippen molar-refractivity contribution in [3.63, 3.8) is 0 Å². The lowest BCUT2D eigenvalue weighted by Crippen LogP contribution is -2.31. The number of hydrogen-bond donors (Lipinski definition) is 1. The average Bonchev–Trinajstić information content (AvgIpc) is 3.01. The van der Waals surface area contributed by atoms with Gasteiger partial charge in [-0.2, -0.15) is 5.26 Å². The van der Waals surface area contributed by atoms with Crippen LogP contribution in [-0.2, 0) is 4.79 Å². The molecule has 2 heterocycles. The molecule has 0 saturated heterocycles. The summed E-state index contributed by atoms with van der Waals surface area (Å²) < 4.78 is 0.905. The van der Waals surface area contributed by atoms with E-state index >= 15 is 0 Å². The number of thiazole rings is 1. The van der Waals surface area contributed by atoms with Crippen LogP contribution in [0.5, 0.6) is 0 Å². The van der Waals surface area contributed by atoms with Crippen LogP contribution in [0.1, 0.15) is 18.9 Å². The molecule has 0 radical (unpaired) electrons. The standard InChI is InChI=1S/C18H19N5O2S/c1-11(24)23(8-4-7-22(2)3)18-21-16-13-9-12(10-19)17(25)20-14(13)5-6-15(16)26-18/h5-6,9H,4,7-8H2,1-3H3,(H,20,25). The largest absolute Gasteiger partial charge is 0.321 e. The van der Waals surface area contributed by atoms with Crippen LogP contribution in [-0.4, -0.2) is 48.0 Å². The molecule has 7 nitrogen and oxygen atoms in total. The molecule has 3 aromatic rings. The van der Waals surface area contributed by atoms with Crippen molar-refractivity contribution in [2.24, 2.45) is 0 Å². The van der Waals surface area contributed by atoms with Crippen LogP contribution in [0, 0.1) is 11.3 Å². The van der Waals surface area contributed by atoms with Gasteiger partial charge >= 0.3 is 0 Å². The average molecular weight is 369 g/mol. The van der Waals surface area contributed by atoms with Crippen molar-refractivity contribution in [3.05, 3.63) is 34.1 Å². The highest BCUT2D eigenvalue weighted by Crippen LogP contribution is 2.33. The highest BCUT2D eigenvalue weighted by molar-refractivity contribution is 7.22. The molecule has 0 spiro atoms. The number of carbonyl (C=O) groups excluding carboxylic acids is 1. The number of aromatic nitrogens is 2. The van der Waals surface area contributed by atoms with Crippen molar-refractivity contribution in [2.75, 3.05) is 32.1 Å². The maximum atomic E-state index is 12.1. The third kappa shape index (κ3) is 3.45. The fourth-order valence-electron chi connectivity index (χ4n) is 2.79. The van der Waals surface area contributed by atoms with E-state index in [0.717, 1.165) is 17.7 Å². The summed E-state index contributed by atoms with van der Waals surface area (Å²) in [6.45, 7) is 3.00. The van der Waals surface area contributed by atoms with Crippen molar-refractivity contribution in [1.82, 2.24) is 14.9 Å². The maximum absolute atomic E-state index is 12.1. The number of fused-ring (bicyclic) bond motifs is 3. The van der Waals surface area contributed by atoms with Crippen molar-refractivity contribution in [2.45, 2.75) is 13.3 Å². The molecular weight excluding hydrogens is 350 g/mol. The Labute approximate surface area is 154 Å². The van der Waals surface area contributed by atoms with Crippen LogP contribution in [0.25, 0.3) is 21.1 Å². The Hall–Kier alpha value is -2.76. The second kappa shape index (κ2) is 7.23. The molecule has 1 N–H and O–H groups in total. The molecule has 0 saturated carbocycles. The summed E-state index contributed by atoms with van der Waals surface area (Å²) in [4.78, 5) is 35.0. The highest BCUT2D eigenvalue weighted by Gasteiger charge is 2.18. The van der Waals surface area contributed by atoms with Crippen molar-refractivity contribution in [3.8, 4) is 6.07 Å². The molecule has 26 heavy (non-hydrogen) atoms. The number of carbonyl (C=O) groups is 1. The van der Waals surface area contributed by atoms with E-state index in [9.17, 15) is 9.59 Å². The van der Waals surface area contributed by atoms with E-state index in [0.29, 0.717) is 28.1 Å². The van der Waals surface area contributed by atoms with Gasteiger partial charge in [-0.1, -0.05) is 11.3 Å². The summed E-state index contributed by atoms with van der Waals surface area (Å²) in [5.74, 6) is -0.0572. The van der Waals surface area contributed by atoms with E-state index in [-0.39, 0.29) is 11.5 Å². The van der Waals surface area contributed by atoms with Gasteiger partial charge in [0.2, 0.25) is 5.91 Å². The minimum absolute atomic E-state index is 0.0500. The molecule has 8 heteroatoms. The van der Waals surface area contributed by atoms with E-state index < -0.39 is 5.56 Å². The Morgan fingerprint density at radius 3 is 2.77 bits per heavy atom. The molecule has 1 aromatic carbocycles. The second-order valence-corrected chi connectivity index (χ2v) is 7.33. The molecule has 0 atom stereocenters. The van der Waals surface area contributed by atoms with Gasteiger partial charge in [0, 0.05) is 18.9 Å². The van der Waals surface area contributed by atoms with Crippen LogP contribution in [0.15, 0.2) is 23.0 Å². The molecule has 0 unspecified atom stereocenters. The quantitative estimate of drug-likeness (QED) is 0.745. The van der Waals surface area contributed by atoms with Crippen LogP contribution >= 0.6 is 11.3 Å². The first-order valence-corrected chi connectivity index (χ1v) is 9.02. The van der Waals surface area contributed by atoms with Crippen molar-refractivity contribution >= 4 is 43.5 Å². The van der Waals surface area contributed by atoms with E-state index in [1.807, 2.05) is 26.2 Å².